The summed E-state index contributed by atoms with van der Waals surface area (Å²) >= 11 is 7.32. The molecule has 33 heavy (non-hydrogen) atoms. The van der Waals surface area contributed by atoms with Crippen LogP contribution in [0.1, 0.15) is 38.5 Å². The maximum absolute atomic E-state index is 13.8. The Labute approximate surface area is 200 Å². The van der Waals surface area contributed by atoms with Crippen LogP contribution in [0.4, 0.5) is 4.39 Å². The van der Waals surface area contributed by atoms with Gasteiger partial charge in [0.2, 0.25) is 0 Å². The third-order valence-corrected chi connectivity index (χ3v) is 9.10. The molecule has 170 valence electrons. The zero-order chi connectivity index (χ0) is 22.7. The number of carbonyl (C=O) groups excluding carboxylic acids is 1. The fourth-order valence-corrected chi connectivity index (χ4v) is 8.02. The number of fused-ring (bicyclic) bond motifs is 1. The lowest BCUT2D eigenvalue weighted by molar-refractivity contribution is -0.141. The van der Waals surface area contributed by atoms with Crippen molar-refractivity contribution in [2.75, 3.05) is 5.75 Å². The van der Waals surface area contributed by atoms with E-state index in [0.29, 0.717) is 39.5 Å². The van der Waals surface area contributed by atoms with Crippen LogP contribution >= 0.6 is 23.4 Å². The molecular formula is C26H24ClFN2O2S. The molecular weight excluding hydrogens is 459 g/mol. The van der Waals surface area contributed by atoms with Crippen molar-refractivity contribution in [3.05, 3.63) is 63.7 Å². The number of carbonyl (C=O) groups is 1. The number of rotatable bonds is 5. The molecule has 4 nitrogen and oxygen atoms in total. The first-order valence-electron chi connectivity index (χ1n) is 11.6. The summed E-state index contributed by atoms with van der Waals surface area (Å²) in [6.07, 6.45) is 6.92. The lowest BCUT2D eigenvalue weighted by Crippen LogP contribution is -2.50. The van der Waals surface area contributed by atoms with Crippen LogP contribution in [0.5, 0.6) is 0 Å². The van der Waals surface area contributed by atoms with Crippen LogP contribution in [-0.4, -0.2) is 21.1 Å². The van der Waals surface area contributed by atoms with Gasteiger partial charge in [-0.2, -0.15) is 0 Å². The van der Waals surface area contributed by atoms with Gasteiger partial charge in [-0.3, -0.25) is 14.2 Å². The van der Waals surface area contributed by atoms with Crippen LogP contribution in [0, 0.1) is 29.0 Å². The molecule has 4 aliphatic rings. The summed E-state index contributed by atoms with van der Waals surface area (Å²) in [6.45, 7) is 0. The normalized spacial score (nSPS) is 27.9. The SMILES string of the molecule is O=C(CSc1nc2ccccc2c(=O)n1-c1ccc(F)c(Cl)c1)C12CC3CC(CC(C3)C1)C2. The van der Waals surface area contributed by atoms with Gasteiger partial charge >= 0.3 is 0 Å². The van der Waals surface area contributed by atoms with E-state index in [1.54, 1.807) is 18.2 Å². The van der Waals surface area contributed by atoms with E-state index in [4.69, 9.17) is 16.6 Å². The third-order valence-electron chi connectivity index (χ3n) is 7.87. The van der Waals surface area contributed by atoms with Crippen LogP contribution in [0.15, 0.2) is 52.4 Å². The third kappa shape index (κ3) is 3.62. The first kappa shape index (κ1) is 21.4. The summed E-state index contributed by atoms with van der Waals surface area (Å²) in [6, 6.07) is 11.3. The Kier molecular flexibility index (Phi) is 5.15. The number of Topliss-reactive ketones (excluding diaryl/α,β-unsaturated/α-hetero) is 1. The zero-order valence-electron chi connectivity index (χ0n) is 18.1. The maximum atomic E-state index is 13.8. The van der Waals surface area contributed by atoms with Gasteiger partial charge in [-0.25, -0.2) is 9.37 Å². The smallest absolute Gasteiger partial charge is 0.266 e. The van der Waals surface area contributed by atoms with E-state index in [-0.39, 0.29) is 27.5 Å². The van der Waals surface area contributed by atoms with Crippen molar-refractivity contribution in [2.24, 2.45) is 23.2 Å². The lowest BCUT2D eigenvalue weighted by Gasteiger charge is -2.56. The molecule has 0 N–H and O–H groups in total. The molecule has 3 aromatic rings. The van der Waals surface area contributed by atoms with Crippen molar-refractivity contribution >= 4 is 40.0 Å². The quantitative estimate of drug-likeness (QED) is 0.328. The second kappa shape index (κ2) is 7.95. The second-order valence-corrected chi connectivity index (χ2v) is 11.4. The first-order valence-corrected chi connectivity index (χ1v) is 12.9. The van der Waals surface area contributed by atoms with Crippen molar-refractivity contribution in [3.8, 4) is 5.69 Å². The predicted molar refractivity (Wildman–Crippen MR) is 129 cm³/mol. The molecule has 7 rings (SSSR count). The molecule has 0 atom stereocenters. The molecule has 4 fully saturated rings. The van der Waals surface area contributed by atoms with Gasteiger partial charge in [-0.15, -0.1) is 0 Å². The van der Waals surface area contributed by atoms with Gasteiger partial charge in [0, 0.05) is 5.41 Å². The Bertz CT molecular complexity index is 1300. The topological polar surface area (TPSA) is 52.0 Å². The highest BCUT2D eigenvalue weighted by molar-refractivity contribution is 7.99. The molecule has 1 heterocycles. The molecule has 4 saturated carbocycles. The molecule has 0 aliphatic heterocycles. The average molecular weight is 483 g/mol. The number of hydrogen-bond donors (Lipinski definition) is 0. The predicted octanol–water partition coefficient (Wildman–Crippen LogP) is 6.06. The van der Waals surface area contributed by atoms with Gasteiger partial charge in [-0.1, -0.05) is 35.5 Å². The van der Waals surface area contributed by atoms with Crippen LogP contribution in [-0.2, 0) is 4.79 Å². The van der Waals surface area contributed by atoms with Gasteiger partial charge in [-0.05, 0) is 86.6 Å². The summed E-state index contributed by atoms with van der Waals surface area (Å²) in [5.41, 5.74) is 0.572. The van der Waals surface area contributed by atoms with Gasteiger partial charge in [0.15, 0.2) is 5.16 Å². The summed E-state index contributed by atoms with van der Waals surface area (Å²) in [5.74, 6) is 2.12. The van der Waals surface area contributed by atoms with Crippen LogP contribution in [0.25, 0.3) is 16.6 Å². The van der Waals surface area contributed by atoms with E-state index >= 15 is 0 Å². The molecule has 0 spiro atoms. The van der Waals surface area contributed by atoms with Crippen molar-refractivity contribution < 1.29 is 9.18 Å². The van der Waals surface area contributed by atoms with Crippen LogP contribution in [0.2, 0.25) is 5.02 Å². The number of ketones is 1. The minimum atomic E-state index is -0.548. The van der Waals surface area contributed by atoms with Crippen molar-refractivity contribution in [3.63, 3.8) is 0 Å². The highest BCUT2D eigenvalue weighted by Gasteiger charge is 2.54. The van der Waals surface area contributed by atoms with Crippen LogP contribution in [0.3, 0.4) is 0 Å². The number of thioether (sulfide) groups is 1. The minimum Gasteiger partial charge on any atom is -0.298 e. The molecule has 0 unspecified atom stereocenters. The molecule has 2 aromatic carbocycles. The van der Waals surface area contributed by atoms with E-state index in [0.717, 1.165) is 19.3 Å². The van der Waals surface area contributed by atoms with Crippen molar-refractivity contribution in [2.45, 2.75) is 43.7 Å². The van der Waals surface area contributed by atoms with Crippen molar-refractivity contribution in [1.29, 1.82) is 0 Å². The highest BCUT2D eigenvalue weighted by atomic mass is 35.5. The summed E-state index contributed by atoms with van der Waals surface area (Å²) in [4.78, 5) is 31.7. The lowest BCUT2D eigenvalue weighted by atomic mass is 9.48. The van der Waals surface area contributed by atoms with E-state index in [9.17, 15) is 14.0 Å². The van der Waals surface area contributed by atoms with Gasteiger partial charge in [0.25, 0.3) is 5.56 Å². The molecule has 4 bridgehead atoms. The molecule has 0 radical (unpaired) electrons. The Morgan fingerprint density at radius 2 is 1.76 bits per heavy atom. The van der Waals surface area contributed by atoms with E-state index < -0.39 is 5.82 Å². The molecule has 7 heteroatoms. The van der Waals surface area contributed by atoms with E-state index in [1.807, 2.05) is 6.07 Å². The molecule has 0 amide bonds. The highest BCUT2D eigenvalue weighted by Crippen LogP contribution is 2.60. The van der Waals surface area contributed by atoms with Gasteiger partial charge in [0.1, 0.15) is 11.6 Å². The van der Waals surface area contributed by atoms with E-state index in [2.05, 4.69) is 0 Å². The number of benzene rings is 2. The summed E-state index contributed by atoms with van der Waals surface area (Å²) in [7, 11) is 0. The fraction of sp³-hybridized carbons (Fsp3) is 0.423. The Hall–Kier alpha value is -2.18. The first-order chi connectivity index (χ1) is 15.9. The van der Waals surface area contributed by atoms with Crippen molar-refractivity contribution in [1.82, 2.24) is 9.55 Å². The Morgan fingerprint density at radius 1 is 1.09 bits per heavy atom. The number of para-hydroxylation sites is 1. The maximum Gasteiger partial charge on any atom is 0.266 e. The Balaban J connectivity index is 1.36. The molecule has 4 aliphatic carbocycles. The minimum absolute atomic E-state index is 0.0619. The Morgan fingerprint density at radius 3 is 2.42 bits per heavy atom. The van der Waals surface area contributed by atoms with Gasteiger partial charge in [0.05, 0.1) is 27.4 Å². The zero-order valence-corrected chi connectivity index (χ0v) is 19.7. The number of nitrogens with zero attached hydrogens (tertiary/aromatic N) is 2. The number of aromatic nitrogens is 2. The number of hydrogen-bond acceptors (Lipinski definition) is 4. The summed E-state index contributed by atoms with van der Waals surface area (Å²) < 4.78 is 15.2. The molecule has 1 aromatic heterocycles. The second-order valence-electron chi connectivity index (χ2n) is 10.1. The molecule has 0 saturated heterocycles. The fourth-order valence-electron chi connectivity index (χ4n) is 6.80. The average Bonchev–Trinajstić information content (AvgIpc) is 2.79. The summed E-state index contributed by atoms with van der Waals surface area (Å²) in [5, 5.41) is 0.835. The van der Waals surface area contributed by atoms with E-state index in [1.165, 1.54) is 53.8 Å². The van der Waals surface area contributed by atoms with Gasteiger partial charge < -0.3 is 0 Å². The van der Waals surface area contributed by atoms with Crippen LogP contribution < -0.4 is 5.56 Å². The standard InChI is InChI=1S/C26H24ClFN2O2S/c27-20-10-18(5-6-21(20)28)30-24(32)19-3-1-2-4-22(19)29-25(30)33-14-23(31)26-11-15-7-16(12-26)9-17(8-15)13-26/h1-6,10,15-17H,7-9,11-14H2. The number of halogens is 2. The largest absolute Gasteiger partial charge is 0.298 e. The monoisotopic (exact) mass is 482 g/mol.